The van der Waals surface area contributed by atoms with Crippen LogP contribution < -0.4 is 5.32 Å². The molecular formula is C20H19ClN6O. The van der Waals surface area contributed by atoms with Crippen molar-refractivity contribution in [2.45, 2.75) is 26.9 Å². The molecule has 0 radical (unpaired) electrons. The van der Waals surface area contributed by atoms with Crippen LogP contribution in [-0.4, -0.2) is 30.2 Å². The molecule has 4 aromatic rings. The van der Waals surface area contributed by atoms with E-state index >= 15 is 0 Å². The molecule has 7 nitrogen and oxygen atoms in total. The van der Waals surface area contributed by atoms with Crippen molar-refractivity contribution in [3.8, 4) is 5.69 Å². The molecule has 0 saturated heterocycles. The maximum atomic E-state index is 12.6. The van der Waals surface area contributed by atoms with Gasteiger partial charge in [0.2, 0.25) is 5.82 Å². The Kier molecular flexibility index (Phi) is 4.83. The lowest BCUT2D eigenvalue weighted by molar-refractivity contribution is 0.0939. The molecule has 0 bridgehead atoms. The van der Waals surface area contributed by atoms with Gasteiger partial charge in [0.25, 0.3) is 5.91 Å². The first-order valence-corrected chi connectivity index (χ1v) is 9.36. The summed E-state index contributed by atoms with van der Waals surface area (Å²) in [4.78, 5) is 21.5. The first kappa shape index (κ1) is 18.2. The summed E-state index contributed by atoms with van der Waals surface area (Å²) in [6.45, 7) is 4.93. The lowest BCUT2D eigenvalue weighted by atomic mass is 10.3. The van der Waals surface area contributed by atoms with E-state index in [-0.39, 0.29) is 11.7 Å². The molecule has 28 heavy (non-hydrogen) atoms. The number of imidazole rings is 1. The van der Waals surface area contributed by atoms with Crippen molar-refractivity contribution < 1.29 is 4.79 Å². The van der Waals surface area contributed by atoms with Crippen molar-refractivity contribution in [2.75, 3.05) is 0 Å². The Bertz CT molecular complexity index is 1150. The quantitative estimate of drug-likeness (QED) is 0.561. The summed E-state index contributed by atoms with van der Waals surface area (Å²) in [7, 11) is 0. The average Bonchev–Trinajstić information content (AvgIpc) is 3.27. The largest absolute Gasteiger partial charge is 0.342 e. The molecular weight excluding hydrogens is 376 g/mol. The highest BCUT2D eigenvalue weighted by atomic mass is 35.5. The molecule has 4 rings (SSSR count). The van der Waals surface area contributed by atoms with E-state index in [1.807, 2.05) is 36.4 Å². The third-order valence-corrected chi connectivity index (χ3v) is 4.75. The van der Waals surface area contributed by atoms with Crippen LogP contribution in [0.25, 0.3) is 16.7 Å². The van der Waals surface area contributed by atoms with Gasteiger partial charge < -0.3 is 9.88 Å². The summed E-state index contributed by atoms with van der Waals surface area (Å²) in [5.74, 6) is 1.19. The molecule has 0 unspecified atom stereocenters. The predicted molar refractivity (Wildman–Crippen MR) is 108 cm³/mol. The Labute approximate surface area is 167 Å². The number of para-hydroxylation sites is 2. The van der Waals surface area contributed by atoms with Gasteiger partial charge in [-0.2, -0.15) is 0 Å². The van der Waals surface area contributed by atoms with Gasteiger partial charge in [-0.1, -0.05) is 23.7 Å². The second-order valence-electron chi connectivity index (χ2n) is 6.31. The fourth-order valence-electron chi connectivity index (χ4n) is 3.16. The van der Waals surface area contributed by atoms with Gasteiger partial charge in [0, 0.05) is 11.6 Å². The van der Waals surface area contributed by atoms with Gasteiger partial charge in [-0.25, -0.2) is 14.6 Å². The minimum atomic E-state index is -0.342. The number of benzene rings is 2. The average molecular weight is 395 g/mol. The Morgan fingerprint density at radius 1 is 1.11 bits per heavy atom. The van der Waals surface area contributed by atoms with E-state index in [2.05, 4.69) is 31.9 Å². The topological polar surface area (TPSA) is 77.6 Å². The normalized spacial score (nSPS) is 11.1. The molecule has 2 aromatic heterocycles. The number of fused-ring (bicyclic) bond motifs is 1. The minimum absolute atomic E-state index is 0.117. The van der Waals surface area contributed by atoms with Crippen LogP contribution in [0.3, 0.4) is 0 Å². The Balaban J connectivity index is 1.53. The highest BCUT2D eigenvalue weighted by Gasteiger charge is 2.17. The molecule has 8 heteroatoms. The van der Waals surface area contributed by atoms with Crippen molar-refractivity contribution in [3.63, 3.8) is 0 Å². The highest BCUT2D eigenvalue weighted by Crippen LogP contribution is 2.16. The van der Waals surface area contributed by atoms with Crippen LogP contribution in [0.4, 0.5) is 0 Å². The number of hydrogen-bond acceptors (Lipinski definition) is 4. The molecule has 0 aliphatic heterocycles. The molecule has 0 aliphatic rings. The number of aryl methyl sites for hydroxylation is 2. The highest BCUT2D eigenvalue weighted by molar-refractivity contribution is 6.30. The summed E-state index contributed by atoms with van der Waals surface area (Å²) in [6, 6.07) is 15.1. The molecule has 1 amide bonds. The summed E-state index contributed by atoms with van der Waals surface area (Å²) < 4.78 is 3.70. The zero-order valence-corrected chi connectivity index (χ0v) is 16.3. The molecule has 0 spiro atoms. The van der Waals surface area contributed by atoms with Crippen molar-refractivity contribution >= 4 is 28.5 Å². The fraction of sp³-hybridized carbons (Fsp3) is 0.200. The first-order valence-electron chi connectivity index (χ1n) is 8.98. The van der Waals surface area contributed by atoms with Gasteiger partial charge in [-0.05, 0) is 50.2 Å². The van der Waals surface area contributed by atoms with E-state index < -0.39 is 0 Å². The second kappa shape index (κ2) is 7.44. The van der Waals surface area contributed by atoms with Gasteiger partial charge in [0.05, 0.1) is 23.3 Å². The lowest BCUT2D eigenvalue weighted by Crippen LogP contribution is -2.26. The Hall–Kier alpha value is -3.19. The number of aromatic nitrogens is 5. The summed E-state index contributed by atoms with van der Waals surface area (Å²) in [6.07, 6.45) is 0. The van der Waals surface area contributed by atoms with E-state index in [0.29, 0.717) is 17.4 Å². The number of nitrogens with zero attached hydrogens (tertiary/aromatic N) is 5. The maximum Gasteiger partial charge on any atom is 0.291 e. The number of rotatable bonds is 5. The number of halogens is 1. The van der Waals surface area contributed by atoms with E-state index in [1.54, 1.807) is 23.7 Å². The molecule has 0 aliphatic carbocycles. The zero-order chi connectivity index (χ0) is 19.7. The van der Waals surface area contributed by atoms with Gasteiger partial charge in [0.1, 0.15) is 11.6 Å². The van der Waals surface area contributed by atoms with Crippen LogP contribution in [0.5, 0.6) is 0 Å². The van der Waals surface area contributed by atoms with Crippen molar-refractivity contribution in [2.24, 2.45) is 0 Å². The molecule has 0 atom stereocenters. The first-order chi connectivity index (χ1) is 13.6. The standard InChI is InChI=1S/C20H19ClN6O/c1-3-26-17-7-5-4-6-16(17)24-18(26)12-22-20(28)19-23-13(2)27(25-19)15-10-8-14(21)9-11-15/h4-11H,3,12H2,1-2H3,(H,22,28). The van der Waals surface area contributed by atoms with E-state index in [1.165, 1.54) is 0 Å². The van der Waals surface area contributed by atoms with Crippen molar-refractivity contribution in [1.82, 2.24) is 29.6 Å². The van der Waals surface area contributed by atoms with Crippen LogP contribution in [0.15, 0.2) is 48.5 Å². The van der Waals surface area contributed by atoms with Crippen LogP contribution in [0, 0.1) is 6.92 Å². The minimum Gasteiger partial charge on any atom is -0.342 e. The molecule has 2 aromatic carbocycles. The molecule has 0 fully saturated rings. The smallest absolute Gasteiger partial charge is 0.291 e. The van der Waals surface area contributed by atoms with Gasteiger partial charge in [-0.3, -0.25) is 4.79 Å². The number of amides is 1. The summed E-state index contributed by atoms with van der Waals surface area (Å²) in [5.41, 5.74) is 2.76. The number of carbonyl (C=O) groups excluding carboxylic acids is 1. The number of nitrogens with one attached hydrogen (secondary N) is 1. The van der Waals surface area contributed by atoms with Crippen molar-refractivity contribution in [3.05, 3.63) is 71.0 Å². The second-order valence-corrected chi connectivity index (χ2v) is 6.75. The summed E-state index contributed by atoms with van der Waals surface area (Å²) in [5, 5.41) is 7.84. The van der Waals surface area contributed by atoms with Crippen LogP contribution >= 0.6 is 11.6 Å². The SMILES string of the molecule is CCn1c(CNC(=O)c2nc(C)n(-c3ccc(Cl)cc3)n2)nc2ccccc21. The van der Waals surface area contributed by atoms with E-state index in [4.69, 9.17) is 11.6 Å². The summed E-state index contributed by atoms with van der Waals surface area (Å²) >= 11 is 5.93. The molecule has 2 heterocycles. The van der Waals surface area contributed by atoms with Crippen molar-refractivity contribution in [1.29, 1.82) is 0 Å². The number of carbonyl (C=O) groups is 1. The van der Waals surface area contributed by atoms with Crippen LogP contribution in [-0.2, 0) is 13.1 Å². The lowest BCUT2D eigenvalue weighted by Gasteiger charge is -2.06. The van der Waals surface area contributed by atoms with E-state index in [9.17, 15) is 4.79 Å². The number of hydrogen-bond donors (Lipinski definition) is 1. The molecule has 0 saturated carbocycles. The van der Waals surface area contributed by atoms with Gasteiger partial charge in [0.15, 0.2) is 0 Å². The third kappa shape index (κ3) is 3.36. The predicted octanol–water partition coefficient (Wildman–Crippen LogP) is 3.53. The maximum absolute atomic E-state index is 12.6. The third-order valence-electron chi connectivity index (χ3n) is 4.50. The monoisotopic (exact) mass is 394 g/mol. The fourth-order valence-corrected chi connectivity index (χ4v) is 3.29. The van der Waals surface area contributed by atoms with Crippen LogP contribution in [0.2, 0.25) is 5.02 Å². The Morgan fingerprint density at radius 2 is 1.86 bits per heavy atom. The zero-order valence-electron chi connectivity index (χ0n) is 15.6. The molecule has 142 valence electrons. The van der Waals surface area contributed by atoms with Crippen LogP contribution in [0.1, 0.15) is 29.2 Å². The van der Waals surface area contributed by atoms with Gasteiger partial charge in [-0.15, -0.1) is 5.10 Å². The Morgan fingerprint density at radius 3 is 2.61 bits per heavy atom. The van der Waals surface area contributed by atoms with E-state index in [0.717, 1.165) is 29.1 Å². The molecule has 1 N–H and O–H groups in total. The van der Waals surface area contributed by atoms with Gasteiger partial charge >= 0.3 is 0 Å².